The number of hydrogen-bond acceptors (Lipinski definition) is 3. The lowest BCUT2D eigenvalue weighted by Crippen LogP contribution is -2.36. The average molecular weight is 332 g/mol. The van der Waals surface area contributed by atoms with Crippen LogP contribution < -0.4 is 15.8 Å². The van der Waals surface area contributed by atoms with Gasteiger partial charge in [0.1, 0.15) is 5.75 Å². The summed E-state index contributed by atoms with van der Waals surface area (Å²) >= 11 is 0. The van der Waals surface area contributed by atoms with Crippen molar-refractivity contribution in [3.8, 4) is 5.75 Å². The Balaban J connectivity index is 1.53. The first kappa shape index (κ1) is 18.6. The van der Waals surface area contributed by atoms with Crippen LogP contribution in [-0.4, -0.2) is 49.7 Å². The van der Waals surface area contributed by atoms with E-state index in [0.717, 1.165) is 44.8 Å². The molecule has 0 aliphatic carbocycles. The average Bonchev–Trinajstić information content (AvgIpc) is 3.05. The second kappa shape index (κ2) is 10.2. The smallest absolute Gasteiger partial charge is 0.188 e. The molecule has 0 saturated carbocycles. The van der Waals surface area contributed by atoms with Gasteiger partial charge in [-0.2, -0.15) is 0 Å². The number of likely N-dealkylation sites (tertiary alicyclic amines) is 1. The van der Waals surface area contributed by atoms with E-state index in [2.05, 4.69) is 41.2 Å². The molecule has 1 atom stereocenters. The number of nitrogens with zero attached hydrogens (tertiary/aromatic N) is 2. The molecule has 1 aliphatic heterocycles. The molecule has 0 spiro atoms. The monoisotopic (exact) mass is 332 g/mol. The number of aryl methyl sites for hydroxylation is 1. The fourth-order valence-electron chi connectivity index (χ4n) is 3.05. The summed E-state index contributed by atoms with van der Waals surface area (Å²) in [5.41, 5.74) is 7.20. The number of hydrogen-bond donors (Lipinski definition) is 2. The lowest BCUT2D eigenvalue weighted by molar-refractivity contribution is 0.273. The van der Waals surface area contributed by atoms with E-state index in [1.165, 1.54) is 24.9 Å². The summed E-state index contributed by atoms with van der Waals surface area (Å²) in [6.45, 7) is 8.98. The topological polar surface area (TPSA) is 62.9 Å². The number of guanidine groups is 1. The number of aliphatic imine (C=N–C) groups is 1. The van der Waals surface area contributed by atoms with E-state index in [9.17, 15) is 0 Å². The zero-order valence-electron chi connectivity index (χ0n) is 15.1. The van der Waals surface area contributed by atoms with E-state index in [4.69, 9.17) is 10.5 Å². The molecule has 1 fully saturated rings. The number of ether oxygens (including phenoxy) is 1. The van der Waals surface area contributed by atoms with Crippen molar-refractivity contribution in [2.45, 2.75) is 45.6 Å². The van der Waals surface area contributed by atoms with Gasteiger partial charge in [-0.05, 0) is 57.8 Å². The van der Waals surface area contributed by atoms with Crippen LogP contribution in [0.4, 0.5) is 0 Å². The minimum atomic E-state index is 0.567. The van der Waals surface area contributed by atoms with Gasteiger partial charge in [0.15, 0.2) is 5.96 Å². The van der Waals surface area contributed by atoms with Crippen LogP contribution >= 0.6 is 0 Å². The lowest BCUT2D eigenvalue weighted by Gasteiger charge is -2.20. The molecule has 5 heteroatoms. The van der Waals surface area contributed by atoms with Gasteiger partial charge in [0.25, 0.3) is 0 Å². The Morgan fingerprint density at radius 1 is 1.33 bits per heavy atom. The van der Waals surface area contributed by atoms with Crippen LogP contribution in [0.25, 0.3) is 0 Å². The number of rotatable bonds is 9. The number of benzene rings is 1. The maximum atomic E-state index is 5.95. The highest BCUT2D eigenvalue weighted by Gasteiger charge is 2.22. The van der Waals surface area contributed by atoms with Gasteiger partial charge in [-0.1, -0.05) is 24.6 Å². The third kappa shape index (κ3) is 6.40. The van der Waals surface area contributed by atoms with Crippen molar-refractivity contribution in [1.29, 1.82) is 0 Å². The Labute approximate surface area is 146 Å². The van der Waals surface area contributed by atoms with Crippen molar-refractivity contribution < 1.29 is 4.74 Å². The molecule has 24 heavy (non-hydrogen) atoms. The normalized spacial score (nSPS) is 18.8. The molecule has 2 rings (SSSR count). The summed E-state index contributed by atoms with van der Waals surface area (Å²) in [4.78, 5) is 6.97. The van der Waals surface area contributed by atoms with Crippen molar-refractivity contribution in [1.82, 2.24) is 10.2 Å². The number of unbranched alkanes of at least 4 members (excludes halogenated alkanes) is 1. The minimum Gasteiger partial charge on any atom is -0.494 e. The van der Waals surface area contributed by atoms with Crippen molar-refractivity contribution in [3.63, 3.8) is 0 Å². The van der Waals surface area contributed by atoms with Gasteiger partial charge >= 0.3 is 0 Å². The molecule has 1 saturated heterocycles. The summed E-state index contributed by atoms with van der Waals surface area (Å²) in [6, 6.07) is 8.73. The summed E-state index contributed by atoms with van der Waals surface area (Å²) in [6.07, 6.45) is 4.54. The van der Waals surface area contributed by atoms with Crippen molar-refractivity contribution >= 4 is 5.96 Å². The summed E-state index contributed by atoms with van der Waals surface area (Å²) in [5, 5.41) is 3.20. The standard InChI is InChI=1S/C19H32N4O/c1-3-23-13-6-7-17(23)15-22-19(20)21-12-4-5-14-24-18-10-8-16(2)9-11-18/h8-11,17H,3-7,12-15H2,1-2H3,(H3,20,21,22). The fourth-order valence-corrected chi connectivity index (χ4v) is 3.05. The van der Waals surface area contributed by atoms with Crippen LogP contribution in [0.15, 0.2) is 29.3 Å². The number of nitrogens with two attached hydrogens (primary N) is 1. The Kier molecular flexibility index (Phi) is 7.89. The van der Waals surface area contributed by atoms with Gasteiger partial charge in [0.05, 0.1) is 13.2 Å². The second-order valence-electron chi connectivity index (χ2n) is 6.45. The number of likely N-dealkylation sites (N-methyl/N-ethyl adjacent to an activating group) is 1. The van der Waals surface area contributed by atoms with E-state index < -0.39 is 0 Å². The molecule has 134 valence electrons. The van der Waals surface area contributed by atoms with Gasteiger partial charge in [-0.15, -0.1) is 0 Å². The Bertz CT molecular complexity index is 501. The van der Waals surface area contributed by atoms with Crippen LogP contribution in [-0.2, 0) is 0 Å². The van der Waals surface area contributed by atoms with Gasteiger partial charge in [0.2, 0.25) is 0 Å². The molecule has 1 aromatic rings. The molecule has 0 bridgehead atoms. The van der Waals surface area contributed by atoms with E-state index >= 15 is 0 Å². The second-order valence-corrected chi connectivity index (χ2v) is 6.45. The van der Waals surface area contributed by atoms with Gasteiger partial charge in [-0.25, -0.2) is 0 Å². The zero-order valence-corrected chi connectivity index (χ0v) is 15.1. The third-order valence-electron chi connectivity index (χ3n) is 4.54. The summed E-state index contributed by atoms with van der Waals surface area (Å²) in [5.74, 6) is 1.50. The predicted molar refractivity (Wildman–Crippen MR) is 101 cm³/mol. The maximum absolute atomic E-state index is 5.95. The molecular formula is C19H32N4O. The summed E-state index contributed by atoms with van der Waals surface area (Å²) in [7, 11) is 0. The Morgan fingerprint density at radius 2 is 2.12 bits per heavy atom. The first-order valence-electron chi connectivity index (χ1n) is 9.16. The lowest BCUT2D eigenvalue weighted by atomic mass is 10.2. The largest absolute Gasteiger partial charge is 0.494 e. The van der Waals surface area contributed by atoms with Crippen molar-refractivity contribution in [2.75, 3.05) is 32.8 Å². The van der Waals surface area contributed by atoms with Crippen LogP contribution in [0, 0.1) is 6.92 Å². The molecular weight excluding hydrogens is 300 g/mol. The first-order valence-corrected chi connectivity index (χ1v) is 9.16. The third-order valence-corrected chi connectivity index (χ3v) is 4.54. The van der Waals surface area contributed by atoms with Crippen LogP contribution in [0.1, 0.15) is 38.2 Å². The van der Waals surface area contributed by atoms with E-state index in [1.807, 2.05) is 12.1 Å². The molecule has 1 unspecified atom stereocenters. The zero-order chi connectivity index (χ0) is 17.2. The highest BCUT2D eigenvalue weighted by atomic mass is 16.5. The number of nitrogens with one attached hydrogen (secondary N) is 1. The Morgan fingerprint density at radius 3 is 2.88 bits per heavy atom. The predicted octanol–water partition coefficient (Wildman–Crippen LogP) is 2.54. The van der Waals surface area contributed by atoms with Gasteiger partial charge < -0.3 is 15.8 Å². The molecule has 5 nitrogen and oxygen atoms in total. The van der Waals surface area contributed by atoms with Crippen LogP contribution in [0.5, 0.6) is 5.75 Å². The highest BCUT2D eigenvalue weighted by molar-refractivity contribution is 5.77. The quantitative estimate of drug-likeness (QED) is 0.414. The van der Waals surface area contributed by atoms with E-state index in [0.29, 0.717) is 12.0 Å². The fraction of sp³-hybridized carbons (Fsp3) is 0.632. The first-order chi connectivity index (χ1) is 11.7. The van der Waals surface area contributed by atoms with Crippen molar-refractivity contribution in [2.24, 2.45) is 10.7 Å². The molecule has 3 N–H and O–H groups in total. The molecule has 0 aromatic heterocycles. The van der Waals surface area contributed by atoms with Crippen LogP contribution in [0.3, 0.4) is 0 Å². The molecule has 1 heterocycles. The summed E-state index contributed by atoms with van der Waals surface area (Å²) < 4.78 is 5.71. The van der Waals surface area contributed by atoms with E-state index in [1.54, 1.807) is 0 Å². The SMILES string of the molecule is CCN1CCCC1CN=C(N)NCCCCOc1ccc(C)cc1. The van der Waals surface area contributed by atoms with E-state index in [-0.39, 0.29) is 0 Å². The van der Waals surface area contributed by atoms with Gasteiger partial charge in [-0.3, -0.25) is 9.89 Å². The van der Waals surface area contributed by atoms with Crippen LogP contribution in [0.2, 0.25) is 0 Å². The Hall–Kier alpha value is -1.75. The molecule has 1 aliphatic rings. The maximum Gasteiger partial charge on any atom is 0.188 e. The van der Waals surface area contributed by atoms with Gasteiger partial charge in [0, 0.05) is 12.6 Å². The molecule has 1 aromatic carbocycles. The van der Waals surface area contributed by atoms with Crippen molar-refractivity contribution in [3.05, 3.63) is 29.8 Å². The molecule has 0 radical (unpaired) electrons. The molecule has 0 amide bonds. The minimum absolute atomic E-state index is 0.567. The highest BCUT2D eigenvalue weighted by Crippen LogP contribution is 2.16.